The molecule has 6 heteroatoms. The van der Waals surface area contributed by atoms with Gasteiger partial charge in [0, 0.05) is 12.1 Å². The van der Waals surface area contributed by atoms with Gasteiger partial charge in [-0.3, -0.25) is 4.79 Å². The highest BCUT2D eigenvalue weighted by Gasteiger charge is 2.33. The van der Waals surface area contributed by atoms with E-state index in [1.807, 2.05) is 0 Å². The number of carbonyl (C=O) groups is 1. The highest BCUT2D eigenvalue weighted by atomic mass is 19.4. The van der Waals surface area contributed by atoms with E-state index in [4.69, 9.17) is 5.73 Å². The summed E-state index contributed by atoms with van der Waals surface area (Å²) < 4.78 is 40.1. The minimum Gasteiger partial charge on any atom is -0.330 e. The van der Waals surface area contributed by atoms with Crippen LogP contribution in [0.2, 0.25) is 0 Å². The molecule has 0 unspecified atom stereocenters. The SMILES string of the molecule is CCCCCCCCCc1ccc(NC(=O)CCCN)cc1C(F)(F)F. The highest BCUT2D eigenvalue weighted by Crippen LogP contribution is 2.34. The maximum atomic E-state index is 13.4. The van der Waals surface area contributed by atoms with Crippen molar-refractivity contribution in [3.63, 3.8) is 0 Å². The molecule has 0 aliphatic rings. The number of unbranched alkanes of at least 4 members (excludes halogenated alkanes) is 6. The van der Waals surface area contributed by atoms with E-state index in [-0.39, 0.29) is 18.0 Å². The standard InChI is InChI=1S/C20H31F3N2O/c1-2-3-4-5-6-7-8-10-16-12-13-17(15-18(16)20(21,22)23)25-19(26)11-9-14-24/h12-13,15H,2-11,14,24H2,1H3,(H,25,26). The Labute approximate surface area is 154 Å². The summed E-state index contributed by atoms with van der Waals surface area (Å²) in [6, 6.07) is 4.07. The number of rotatable bonds is 12. The molecule has 0 bridgehead atoms. The molecular weight excluding hydrogens is 341 g/mol. The van der Waals surface area contributed by atoms with Crippen LogP contribution in [0.15, 0.2) is 18.2 Å². The number of halogens is 3. The van der Waals surface area contributed by atoms with Crippen LogP contribution in [0.25, 0.3) is 0 Å². The Hall–Kier alpha value is -1.56. The van der Waals surface area contributed by atoms with Gasteiger partial charge < -0.3 is 11.1 Å². The number of amides is 1. The van der Waals surface area contributed by atoms with Crippen LogP contribution in [0, 0.1) is 0 Å². The molecule has 0 fully saturated rings. The Morgan fingerprint density at radius 3 is 2.31 bits per heavy atom. The molecule has 148 valence electrons. The third-order valence-electron chi connectivity index (χ3n) is 4.36. The predicted molar refractivity (Wildman–Crippen MR) is 100 cm³/mol. The summed E-state index contributed by atoms with van der Waals surface area (Å²) in [5, 5.41) is 2.52. The molecule has 26 heavy (non-hydrogen) atoms. The normalized spacial score (nSPS) is 11.6. The van der Waals surface area contributed by atoms with Gasteiger partial charge in [-0.05, 0) is 43.5 Å². The molecule has 3 nitrogen and oxygen atoms in total. The van der Waals surface area contributed by atoms with Crippen molar-refractivity contribution in [2.24, 2.45) is 5.73 Å². The van der Waals surface area contributed by atoms with E-state index in [0.29, 0.717) is 24.9 Å². The summed E-state index contributed by atoms with van der Waals surface area (Å²) in [5.41, 5.74) is 5.16. The molecule has 1 rings (SSSR count). The molecule has 0 aromatic heterocycles. The van der Waals surface area contributed by atoms with Crippen LogP contribution in [0.1, 0.15) is 75.8 Å². The van der Waals surface area contributed by atoms with Gasteiger partial charge in [0.1, 0.15) is 0 Å². The molecular formula is C20H31F3N2O. The zero-order chi connectivity index (χ0) is 19.4. The van der Waals surface area contributed by atoms with Crippen molar-refractivity contribution in [3.05, 3.63) is 29.3 Å². The molecule has 0 saturated heterocycles. The van der Waals surface area contributed by atoms with E-state index in [1.165, 1.54) is 25.3 Å². The average Bonchev–Trinajstić information content (AvgIpc) is 2.59. The van der Waals surface area contributed by atoms with E-state index in [9.17, 15) is 18.0 Å². The van der Waals surface area contributed by atoms with E-state index in [0.717, 1.165) is 31.7 Å². The predicted octanol–water partition coefficient (Wildman–Crippen LogP) is 5.68. The van der Waals surface area contributed by atoms with Crippen molar-refractivity contribution in [2.45, 2.75) is 77.3 Å². The zero-order valence-corrected chi connectivity index (χ0v) is 15.6. The number of nitrogens with two attached hydrogens (primary N) is 1. The summed E-state index contributed by atoms with van der Waals surface area (Å²) in [4.78, 5) is 11.7. The smallest absolute Gasteiger partial charge is 0.330 e. The molecule has 1 aromatic carbocycles. The van der Waals surface area contributed by atoms with Gasteiger partial charge in [0.2, 0.25) is 5.91 Å². The number of hydrogen-bond donors (Lipinski definition) is 2. The van der Waals surface area contributed by atoms with Gasteiger partial charge in [-0.15, -0.1) is 0 Å². The molecule has 3 N–H and O–H groups in total. The Bertz CT molecular complexity index is 544. The number of nitrogens with one attached hydrogen (secondary N) is 1. The van der Waals surface area contributed by atoms with Gasteiger partial charge in [0.05, 0.1) is 5.56 Å². The fraction of sp³-hybridized carbons (Fsp3) is 0.650. The van der Waals surface area contributed by atoms with Crippen molar-refractivity contribution >= 4 is 11.6 Å². The second kappa shape index (κ2) is 11.9. The van der Waals surface area contributed by atoms with Gasteiger partial charge in [0.15, 0.2) is 0 Å². The number of carbonyl (C=O) groups excluding carboxylic acids is 1. The van der Waals surface area contributed by atoms with Gasteiger partial charge >= 0.3 is 6.18 Å². The van der Waals surface area contributed by atoms with Crippen LogP contribution in [-0.4, -0.2) is 12.5 Å². The van der Waals surface area contributed by atoms with Crippen LogP contribution < -0.4 is 11.1 Å². The monoisotopic (exact) mass is 372 g/mol. The van der Waals surface area contributed by atoms with Crippen molar-refractivity contribution < 1.29 is 18.0 Å². The molecule has 0 spiro atoms. The second-order valence-corrected chi connectivity index (χ2v) is 6.68. The van der Waals surface area contributed by atoms with Gasteiger partial charge in [0.25, 0.3) is 0 Å². The third kappa shape index (κ3) is 8.70. The molecule has 1 aromatic rings. The topological polar surface area (TPSA) is 55.1 Å². The molecule has 0 radical (unpaired) electrons. The van der Waals surface area contributed by atoms with E-state index in [2.05, 4.69) is 12.2 Å². The van der Waals surface area contributed by atoms with E-state index >= 15 is 0 Å². The van der Waals surface area contributed by atoms with Crippen LogP contribution in [0.3, 0.4) is 0 Å². The number of aryl methyl sites for hydroxylation is 1. The average molecular weight is 372 g/mol. The summed E-state index contributed by atoms with van der Waals surface area (Å²) in [7, 11) is 0. The Morgan fingerprint density at radius 2 is 1.69 bits per heavy atom. The first-order chi connectivity index (χ1) is 12.4. The van der Waals surface area contributed by atoms with Crippen LogP contribution in [-0.2, 0) is 17.4 Å². The zero-order valence-electron chi connectivity index (χ0n) is 15.6. The lowest BCUT2D eigenvalue weighted by Crippen LogP contribution is -2.15. The van der Waals surface area contributed by atoms with Crippen molar-refractivity contribution in [2.75, 3.05) is 11.9 Å². The number of alkyl halides is 3. The fourth-order valence-corrected chi connectivity index (χ4v) is 2.89. The maximum absolute atomic E-state index is 13.4. The molecule has 0 aliphatic carbocycles. The Kier molecular flexibility index (Phi) is 10.3. The third-order valence-corrected chi connectivity index (χ3v) is 4.36. The first kappa shape index (κ1) is 22.5. The van der Waals surface area contributed by atoms with E-state index in [1.54, 1.807) is 6.07 Å². The van der Waals surface area contributed by atoms with Crippen LogP contribution >= 0.6 is 0 Å². The first-order valence-corrected chi connectivity index (χ1v) is 9.58. The summed E-state index contributed by atoms with van der Waals surface area (Å²) in [6.07, 6.45) is 4.20. The lowest BCUT2D eigenvalue weighted by Gasteiger charge is -2.15. The van der Waals surface area contributed by atoms with Crippen molar-refractivity contribution in [1.29, 1.82) is 0 Å². The summed E-state index contributed by atoms with van der Waals surface area (Å²) in [6.45, 7) is 2.53. The number of anilines is 1. The van der Waals surface area contributed by atoms with E-state index < -0.39 is 11.7 Å². The maximum Gasteiger partial charge on any atom is 0.416 e. The largest absolute Gasteiger partial charge is 0.416 e. The lowest BCUT2D eigenvalue weighted by molar-refractivity contribution is -0.138. The summed E-state index contributed by atoms with van der Waals surface area (Å²) >= 11 is 0. The quantitative estimate of drug-likeness (QED) is 0.464. The molecule has 0 heterocycles. The van der Waals surface area contributed by atoms with Crippen LogP contribution in [0.4, 0.5) is 18.9 Å². The van der Waals surface area contributed by atoms with Gasteiger partial charge in [-0.1, -0.05) is 51.5 Å². The number of hydrogen-bond acceptors (Lipinski definition) is 2. The number of benzene rings is 1. The molecule has 0 atom stereocenters. The van der Waals surface area contributed by atoms with Crippen molar-refractivity contribution in [1.82, 2.24) is 0 Å². The van der Waals surface area contributed by atoms with Gasteiger partial charge in [-0.2, -0.15) is 13.2 Å². The van der Waals surface area contributed by atoms with Gasteiger partial charge in [-0.25, -0.2) is 0 Å². The highest BCUT2D eigenvalue weighted by molar-refractivity contribution is 5.90. The minimum atomic E-state index is -4.42. The Balaban J connectivity index is 2.63. The molecule has 0 aliphatic heterocycles. The summed E-state index contributed by atoms with van der Waals surface area (Å²) in [5.74, 6) is -0.316. The molecule has 0 saturated carbocycles. The minimum absolute atomic E-state index is 0.183. The fourth-order valence-electron chi connectivity index (χ4n) is 2.89. The first-order valence-electron chi connectivity index (χ1n) is 9.58. The second-order valence-electron chi connectivity index (χ2n) is 6.68. The Morgan fingerprint density at radius 1 is 1.04 bits per heavy atom. The lowest BCUT2D eigenvalue weighted by atomic mass is 9.99. The molecule has 1 amide bonds. The van der Waals surface area contributed by atoms with Crippen LogP contribution in [0.5, 0.6) is 0 Å². The van der Waals surface area contributed by atoms with Crippen molar-refractivity contribution in [3.8, 4) is 0 Å².